The fraction of sp³-hybridized carbons (Fsp3) is 0.455. The highest BCUT2D eigenvalue weighted by molar-refractivity contribution is 14.0. The molecule has 0 spiro atoms. The summed E-state index contributed by atoms with van der Waals surface area (Å²) in [6, 6.07) is 12.2. The maximum Gasteiger partial charge on any atom is 0.225 e. The average Bonchev–Trinajstić information content (AvgIpc) is 2.82. The first-order valence-electron chi connectivity index (χ1n) is 10.6. The number of guanidine groups is 1. The molecule has 1 atom stereocenters. The van der Waals surface area contributed by atoms with Gasteiger partial charge in [-0.1, -0.05) is 25.1 Å². The fourth-order valence-electron chi connectivity index (χ4n) is 3.29. The Kier molecular flexibility index (Phi) is 11.6. The maximum absolute atomic E-state index is 12.6. The van der Waals surface area contributed by atoms with E-state index in [2.05, 4.69) is 61.7 Å². The van der Waals surface area contributed by atoms with Crippen molar-refractivity contribution in [3.05, 3.63) is 48.8 Å². The molecule has 2 heterocycles. The molecule has 0 saturated carbocycles. The zero-order valence-corrected chi connectivity index (χ0v) is 21.8. The largest absolute Gasteiger partial charge is 0.356 e. The number of nitrogens with one attached hydrogen (secondary N) is 2. The number of rotatable bonds is 8. The first-order valence-corrected chi connectivity index (χ1v) is 11.5. The van der Waals surface area contributed by atoms with Crippen molar-refractivity contribution in [3.63, 3.8) is 0 Å². The van der Waals surface area contributed by atoms with Gasteiger partial charge in [0.05, 0.1) is 0 Å². The third kappa shape index (κ3) is 8.45. The predicted octanol–water partition coefficient (Wildman–Crippen LogP) is 2.48. The van der Waals surface area contributed by atoms with E-state index < -0.39 is 0 Å². The van der Waals surface area contributed by atoms with Crippen molar-refractivity contribution < 1.29 is 4.79 Å². The Bertz CT molecular complexity index is 833. The lowest BCUT2D eigenvalue weighted by Crippen LogP contribution is -2.50. The van der Waals surface area contributed by atoms with Crippen molar-refractivity contribution in [2.24, 2.45) is 4.99 Å². The van der Waals surface area contributed by atoms with Crippen LogP contribution in [0, 0.1) is 0 Å². The maximum atomic E-state index is 12.6. The molecule has 0 bridgehead atoms. The quantitative estimate of drug-likeness (QED) is 0.219. The molecule has 1 unspecified atom stereocenters. The highest BCUT2D eigenvalue weighted by Gasteiger charge is 2.22. The summed E-state index contributed by atoms with van der Waals surface area (Å²) in [6.45, 7) is 6.42. The summed E-state index contributed by atoms with van der Waals surface area (Å²) in [7, 11) is 1.75. The molecular formula is C22H32IN7OS. The van der Waals surface area contributed by atoms with Crippen LogP contribution in [0.3, 0.4) is 0 Å². The van der Waals surface area contributed by atoms with Crippen molar-refractivity contribution in [1.82, 2.24) is 25.5 Å². The predicted molar refractivity (Wildman–Crippen MR) is 142 cm³/mol. The van der Waals surface area contributed by atoms with Gasteiger partial charge in [0, 0.05) is 75.3 Å². The number of aliphatic imine (C=N–C) groups is 1. The first-order chi connectivity index (χ1) is 15.2. The van der Waals surface area contributed by atoms with Crippen LogP contribution < -0.4 is 15.5 Å². The molecule has 1 aromatic carbocycles. The fourth-order valence-corrected chi connectivity index (χ4v) is 4.24. The Morgan fingerprint density at radius 1 is 1.09 bits per heavy atom. The number of hydrogen-bond donors (Lipinski definition) is 2. The van der Waals surface area contributed by atoms with Crippen LogP contribution in [0.25, 0.3) is 0 Å². The van der Waals surface area contributed by atoms with Crippen molar-refractivity contribution in [2.45, 2.75) is 23.5 Å². The summed E-state index contributed by atoms with van der Waals surface area (Å²) in [6.07, 6.45) is 3.93. The standard InChI is InChI=1S/C22H31N7OS.HI/c1-18(31-19-7-4-3-5-8-19)17-27-21(23-2)24-12-9-20(30)28-13-15-29(16-14-28)22-25-10-6-11-26-22;/h3-8,10-11,18H,9,12-17H2,1-2H3,(H2,23,24,27);1H. The minimum atomic E-state index is 0. The van der Waals surface area contributed by atoms with E-state index in [0.29, 0.717) is 31.3 Å². The van der Waals surface area contributed by atoms with E-state index in [4.69, 9.17) is 0 Å². The summed E-state index contributed by atoms with van der Waals surface area (Å²) in [5.41, 5.74) is 0. The van der Waals surface area contributed by atoms with Gasteiger partial charge in [0.1, 0.15) is 0 Å². The second-order valence-corrected chi connectivity index (χ2v) is 8.80. The lowest BCUT2D eigenvalue weighted by Gasteiger charge is -2.34. The van der Waals surface area contributed by atoms with E-state index in [1.807, 2.05) is 28.8 Å². The lowest BCUT2D eigenvalue weighted by molar-refractivity contribution is -0.131. The number of nitrogens with zero attached hydrogens (tertiary/aromatic N) is 5. The van der Waals surface area contributed by atoms with Crippen molar-refractivity contribution in [3.8, 4) is 0 Å². The number of aromatic nitrogens is 2. The number of carbonyl (C=O) groups is 1. The molecule has 1 amide bonds. The van der Waals surface area contributed by atoms with Crippen LogP contribution in [0.2, 0.25) is 0 Å². The normalized spacial score (nSPS) is 15.0. The molecule has 1 aliphatic rings. The third-order valence-corrected chi connectivity index (χ3v) is 6.07. The number of anilines is 1. The lowest BCUT2D eigenvalue weighted by atomic mass is 10.3. The van der Waals surface area contributed by atoms with Crippen LogP contribution in [0.15, 0.2) is 58.7 Å². The molecule has 1 fully saturated rings. The van der Waals surface area contributed by atoms with Crippen molar-refractivity contribution in [1.29, 1.82) is 0 Å². The summed E-state index contributed by atoms with van der Waals surface area (Å²) >= 11 is 1.82. The zero-order valence-electron chi connectivity index (χ0n) is 18.6. The van der Waals surface area contributed by atoms with Crippen molar-refractivity contribution in [2.75, 3.05) is 51.2 Å². The minimum absolute atomic E-state index is 0. The Morgan fingerprint density at radius 3 is 2.44 bits per heavy atom. The van der Waals surface area contributed by atoms with Crippen LogP contribution in [0.1, 0.15) is 13.3 Å². The van der Waals surface area contributed by atoms with Crippen molar-refractivity contribution >= 4 is 53.6 Å². The van der Waals surface area contributed by atoms with Gasteiger partial charge in [-0.3, -0.25) is 9.79 Å². The van der Waals surface area contributed by atoms with Gasteiger partial charge in [0.2, 0.25) is 11.9 Å². The smallest absolute Gasteiger partial charge is 0.225 e. The average molecular weight is 570 g/mol. The van der Waals surface area contributed by atoms with Gasteiger partial charge in [0.25, 0.3) is 0 Å². The van der Waals surface area contributed by atoms with Gasteiger partial charge in [-0.05, 0) is 18.2 Å². The van der Waals surface area contributed by atoms with Gasteiger partial charge >= 0.3 is 0 Å². The number of amides is 1. The number of piperazine rings is 1. The molecule has 2 N–H and O–H groups in total. The van der Waals surface area contributed by atoms with Gasteiger partial charge in [-0.25, -0.2) is 9.97 Å². The SMILES string of the molecule is CN=C(NCCC(=O)N1CCN(c2ncccn2)CC1)NCC(C)Sc1ccccc1.I. The van der Waals surface area contributed by atoms with Crippen LogP contribution in [0.5, 0.6) is 0 Å². The topological polar surface area (TPSA) is 85.8 Å². The van der Waals surface area contributed by atoms with E-state index >= 15 is 0 Å². The molecular weight excluding hydrogens is 537 g/mol. The Labute approximate surface area is 211 Å². The van der Waals surface area contributed by atoms with Crippen LogP contribution >= 0.6 is 35.7 Å². The van der Waals surface area contributed by atoms with E-state index in [0.717, 1.165) is 31.5 Å². The molecule has 8 nitrogen and oxygen atoms in total. The Balaban J connectivity index is 0.00000363. The number of thioether (sulfide) groups is 1. The molecule has 2 aromatic rings. The molecule has 3 rings (SSSR count). The monoisotopic (exact) mass is 569 g/mol. The van der Waals surface area contributed by atoms with Crippen LogP contribution in [-0.2, 0) is 4.79 Å². The third-order valence-electron chi connectivity index (χ3n) is 4.96. The molecule has 0 aliphatic carbocycles. The molecule has 1 saturated heterocycles. The summed E-state index contributed by atoms with van der Waals surface area (Å²) in [5.74, 6) is 1.61. The second kappa shape index (κ2) is 14.1. The summed E-state index contributed by atoms with van der Waals surface area (Å²) < 4.78 is 0. The zero-order chi connectivity index (χ0) is 21.9. The van der Waals surface area contributed by atoms with Gasteiger partial charge in [0.15, 0.2) is 5.96 Å². The number of benzene rings is 1. The van der Waals surface area contributed by atoms with E-state index in [1.165, 1.54) is 4.90 Å². The number of hydrogen-bond acceptors (Lipinski definition) is 6. The molecule has 174 valence electrons. The highest BCUT2D eigenvalue weighted by Crippen LogP contribution is 2.21. The summed E-state index contributed by atoms with van der Waals surface area (Å²) in [4.78, 5) is 30.7. The van der Waals surface area contributed by atoms with Gasteiger partial charge in [-0.2, -0.15) is 0 Å². The van der Waals surface area contributed by atoms with Gasteiger partial charge < -0.3 is 20.4 Å². The molecule has 1 aromatic heterocycles. The summed E-state index contributed by atoms with van der Waals surface area (Å²) in [5, 5.41) is 6.98. The number of halogens is 1. The van der Waals surface area contributed by atoms with E-state index in [9.17, 15) is 4.79 Å². The van der Waals surface area contributed by atoms with Gasteiger partial charge in [-0.15, -0.1) is 35.7 Å². The Hall–Kier alpha value is -2.08. The first kappa shape index (κ1) is 26.2. The molecule has 1 aliphatic heterocycles. The molecule has 0 radical (unpaired) electrons. The molecule has 10 heteroatoms. The Morgan fingerprint density at radius 2 is 1.78 bits per heavy atom. The number of carbonyl (C=O) groups excluding carboxylic acids is 1. The second-order valence-electron chi connectivity index (χ2n) is 7.29. The van der Waals surface area contributed by atoms with Crippen LogP contribution in [0.4, 0.5) is 5.95 Å². The minimum Gasteiger partial charge on any atom is -0.356 e. The highest BCUT2D eigenvalue weighted by atomic mass is 127. The van der Waals surface area contributed by atoms with E-state index in [-0.39, 0.29) is 29.9 Å². The molecule has 32 heavy (non-hydrogen) atoms. The van der Waals surface area contributed by atoms with E-state index in [1.54, 1.807) is 19.4 Å². The van der Waals surface area contributed by atoms with Crippen LogP contribution in [-0.4, -0.2) is 78.3 Å².